The summed E-state index contributed by atoms with van der Waals surface area (Å²) >= 11 is 5.78. The van der Waals surface area contributed by atoms with Gasteiger partial charge in [-0.1, -0.05) is 23.7 Å². The molecule has 0 aliphatic carbocycles. The van der Waals surface area contributed by atoms with Crippen LogP contribution in [0.5, 0.6) is 5.75 Å². The first-order valence-corrected chi connectivity index (χ1v) is 7.66. The lowest BCUT2D eigenvalue weighted by molar-refractivity contribution is -0.117. The predicted molar refractivity (Wildman–Crippen MR) is 91.1 cm³/mol. The molecule has 2 aromatic rings. The molecule has 1 N–H and O–H groups in total. The van der Waals surface area contributed by atoms with Gasteiger partial charge in [-0.05, 0) is 43.3 Å². The Kier molecular flexibility index (Phi) is 5.94. The quantitative estimate of drug-likeness (QED) is 0.641. The van der Waals surface area contributed by atoms with Gasteiger partial charge in [0.15, 0.2) is 11.7 Å². The Morgan fingerprint density at radius 3 is 2.50 bits per heavy atom. The van der Waals surface area contributed by atoms with Crippen LogP contribution in [0, 0.1) is 17.2 Å². The Labute approximate surface area is 144 Å². The van der Waals surface area contributed by atoms with E-state index < -0.39 is 17.6 Å². The van der Waals surface area contributed by atoms with Gasteiger partial charge in [0, 0.05) is 10.6 Å². The third kappa shape index (κ3) is 4.12. The molecule has 0 radical (unpaired) electrons. The third-order valence-corrected chi connectivity index (χ3v) is 3.48. The van der Waals surface area contributed by atoms with E-state index in [0.717, 1.165) is 0 Å². The average Bonchev–Trinajstić information content (AvgIpc) is 2.58. The van der Waals surface area contributed by atoms with E-state index in [1.807, 2.05) is 6.92 Å². The second kappa shape index (κ2) is 8.14. The molecule has 5 nitrogen and oxygen atoms in total. The molecule has 0 saturated carbocycles. The molecule has 0 aromatic heterocycles. The Hall–Kier alpha value is -2.84. The number of anilines is 1. The van der Waals surface area contributed by atoms with Crippen LogP contribution in [-0.4, -0.2) is 18.3 Å². The smallest absolute Gasteiger partial charge is 0.249 e. The van der Waals surface area contributed by atoms with Crippen LogP contribution in [0.2, 0.25) is 5.02 Å². The van der Waals surface area contributed by atoms with Gasteiger partial charge >= 0.3 is 0 Å². The first-order valence-electron chi connectivity index (χ1n) is 7.29. The van der Waals surface area contributed by atoms with Crippen molar-refractivity contribution in [2.75, 3.05) is 11.9 Å². The highest BCUT2D eigenvalue weighted by Crippen LogP contribution is 2.24. The molecule has 0 aliphatic heterocycles. The highest BCUT2D eigenvalue weighted by molar-refractivity contribution is 6.30. The summed E-state index contributed by atoms with van der Waals surface area (Å²) in [4.78, 5) is 24.7. The summed E-state index contributed by atoms with van der Waals surface area (Å²) in [5.74, 6) is -2.27. The number of nitrogens with one attached hydrogen (secondary N) is 1. The SMILES string of the molecule is CCOc1ccccc1NC(=O)[C@@H](C#N)C(=O)c1ccc(Cl)cc1. The maximum absolute atomic E-state index is 12.4. The zero-order valence-electron chi connectivity index (χ0n) is 13.0. The minimum atomic E-state index is -1.46. The van der Waals surface area contributed by atoms with Gasteiger partial charge in [0.1, 0.15) is 5.75 Å². The maximum Gasteiger partial charge on any atom is 0.249 e. The predicted octanol–water partition coefficient (Wildman–Crippen LogP) is 3.70. The number of carbonyl (C=O) groups excluding carboxylic acids is 2. The van der Waals surface area contributed by atoms with E-state index in [2.05, 4.69) is 5.32 Å². The molecule has 0 unspecified atom stereocenters. The van der Waals surface area contributed by atoms with Gasteiger partial charge < -0.3 is 10.1 Å². The molecule has 0 fully saturated rings. The van der Waals surface area contributed by atoms with Gasteiger partial charge in [-0.15, -0.1) is 0 Å². The molecule has 2 rings (SSSR count). The van der Waals surface area contributed by atoms with Crippen LogP contribution < -0.4 is 10.1 Å². The van der Waals surface area contributed by atoms with E-state index in [1.54, 1.807) is 30.3 Å². The fraction of sp³-hybridized carbons (Fsp3) is 0.167. The number of amides is 1. The molecule has 2 aromatic carbocycles. The van der Waals surface area contributed by atoms with Crippen molar-refractivity contribution in [3.8, 4) is 11.8 Å². The lowest BCUT2D eigenvalue weighted by Crippen LogP contribution is -2.28. The minimum absolute atomic E-state index is 0.249. The number of ketones is 1. The van der Waals surface area contributed by atoms with E-state index in [0.29, 0.717) is 23.1 Å². The number of para-hydroxylation sites is 2. The molecule has 0 saturated heterocycles. The van der Waals surface area contributed by atoms with Crippen molar-refractivity contribution in [3.05, 3.63) is 59.1 Å². The Balaban J connectivity index is 2.19. The summed E-state index contributed by atoms with van der Waals surface area (Å²) in [6.07, 6.45) is 0. The van der Waals surface area contributed by atoms with Crippen LogP contribution in [0.3, 0.4) is 0 Å². The molecule has 24 heavy (non-hydrogen) atoms. The topological polar surface area (TPSA) is 79.2 Å². The van der Waals surface area contributed by atoms with E-state index in [9.17, 15) is 14.9 Å². The van der Waals surface area contributed by atoms with Gasteiger partial charge in [-0.2, -0.15) is 5.26 Å². The Morgan fingerprint density at radius 1 is 1.21 bits per heavy atom. The summed E-state index contributed by atoms with van der Waals surface area (Å²) in [7, 11) is 0. The van der Waals surface area contributed by atoms with Gasteiger partial charge in [-0.3, -0.25) is 9.59 Å². The van der Waals surface area contributed by atoms with Crippen molar-refractivity contribution in [2.45, 2.75) is 6.92 Å². The number of rotatable bonds is 6. The number of hydrogen-bond acceptors (Lipinski definition) is 4. The number of halogens is 1. The molecule has 0 aliphatic rings. The molecule has 1 amide bonds. The van der Waals surface area contributed by atoms with Gasteiger partial charge in [0.25, 0.3) is 0 Å². The highest BCUT2D eigenvalue weighted by atomic mass is 35.5. The van der Waals surface area contributed by atoms with Gasteiger partial charge in [-0.25, -0.2) is 0 Å². The molecule has 1 atom stereocenters. The Bertz CT molecular complexity index is 782. The molecule has 0 bridgehead atoms. The van der Waals surface area contributed by atoms with Gasteiger partial charge in [0.2, 0.25) is 5.91 Å². The van der Waals surface area contributed by atoms with Gasteiger partial charge in [0.05, 0.1) is 18.4 Å². The number of carbonyl (C=O) groups is 2. The lowest BCUT2D eigenvalue weighted by Gasteiger charge is -2.13. The first-order chi connectivity index (χ1) is 11.6. The van der Waals surface area contributed by atoms with Crippen molar-refractivity contribution in [3.63, 3.8) is 0 Å². The van der Waals surface area contributed by atoms with E-state index in [-0.39, 0.29) is 5.56 Å². The van der Waals surface area contributed by atoms with Crippen LogP contribution >= 0.6 is 11.6 Å². The number of hydrogen-bond donors (Lipinski definition) is 1. The second-order valence-electron chi connectivity index (χ2n) is 4.85. The van der Waals surface area contributed by atoms with Crippen molar-refractivity contribution >= 4 is 29.0 Å². The zero-order valence-corrected chi connectivity index (χ0v) is 13.7. The number of Topliss-reactive ketones (excluding diaryl/α,β-unsaturated/α-hetero) is 1. The largest absolute Gasteiger partial charge is 0.492 e. The second-order valence-corrected chi connectivity index (χ2v) is 5.29. The van der Waals surface area contributed by atoms with Crippen LogP contribution in [0.25, 0.3) is 0 Å². The van der Waals surface area contributed by atoms with Crippen molar-refractivity contribution in [1.29, 1.82) is 5.26 Å². The molecule has 6 heteroatoms. The fourth-order valence-corrected chi connectivity index (χ4v) is 2.20. The molecule has 0 spiro atoms. The zero-order chi connectivity index (χ0) is 17.5. The minimum Gasteiger partial charge on any atom is -0.492 e. The first kappa shape index (κ1) is 17.5. The number of nitrogens with zero attached hydrogens (tertiary/aromatic N) is 1. The molecular formula is C18H15ClN2O3. The molecular weight excluding hydrogens is 328 g/mol. The van der Waals surface area contributed by atoms with Crippen molar-refractivity contribution in [2.24, 2.45) is 5.92 Å². The summed E-state index contributed by atoms with van der Waals surface area (Å²) in [5.41, 5.74) is 0.660. The summed E-state index contributed by atoms with van der Waals surface area (Å²) < 4.78 is 5.41. The summed E-state index contributed by atoms with van der Waals surface area (Å²) in [5, 5.41) is 12.3. The lowest BCUT2D eigenvalue weighted by atomic mass is 9.98. The summed E-state index contributed by atoms with van der Waals surface area (Å²) in [6.45, 7) is 2.25. The van der Waals surface area contributed by atoms with Crippen molar-refractivity contribution in [1.82, 2.24) is 0 Å². The van der Waals surface area contributed by atoms with E-state index in [4.69, 9.17) is 16.3 Å². The van der Waals surface area contributed by atoms with E-state index >= 15 is 0 Å². The normalized spacial score (nSPS) is 11.2. The fourth-order valence-electron chi connectivity index (χ4n) is 2.07. The van der Waals surface area contributed by atoms with Crippen LogP contribution in [0.4, 0.5) is 5.69 Å². The third-order valence-electron chi connectivity index (χ3n) is 3.23. The standard InChI is InChI=1S/C18H15ClN2O3/c1-2-24-16-6-4-3-5-15(16)21-18(23)14(11-20)17(22)12-7-9-13(19)10-8-12/h3-10,14H,2H2,1H3,(H,21,23)/t14-/m0/s1. The van der Waals surface area contributed by atoms with Crippen LogP contribution in [0.1, 0.15) is 17.3 Å². The molecule has 0 heterocycles. The Morgan fingerprint density at radius 2 is 1.88 bits per heavy atom. The van der Waals surface area contributed by atoms with E-state index in [1.165, 1.54) is 24.3 Å². The monoisotopic (exact) mass is 342 g/mol. The number of benzene rings is 2. The number of nitriles is 1. The highest BCUT2D eigenvalue weighted by Gasteiger charge is 2.28. The molecule has 122 valence electrons. The van der Waals surface area contributed by atoms with Crippen LogP contribution in [-0.2, 0) is 4.79 Å². The van der Waals surface area contributed by atoms with Crippen LogP contribution in [0.15, 0.2) is 48.5 Å². The summed E-state index contributed by atoms with van der Waals surface area (Å²) in [6, 6.07) is 14.6. The maximum atomic E-state index is 12.4. The van der Waals surface area contributed by atoms with Crippen molar-refractivity contribution < 1.29 is 14.3 Å². The average molecular weight is 343 g/mol. The number of ether oxygens (including phenoxy) is 1.